The number of hydrogen-bond donors (Lipinski definition) is 7. The molecule has 13 heteroatoms. The summed E-state index contributed by atoms with van der Waals surface area (Å²) in [7, 11) is 0. The summed E-state index contributed by atoms with van der Waals surface area (Å²) in [6, 6.07) is -4.94. The van der Waals surface area contributed by atoms with Crippen LogP contribution in [0, 0.1) is 5.92 Å². The van der Waals surface area contributed by atoms with Crippen LogP contribution in [0.1, 0.15) is 33.1 Å². The summed E-state index contributed by atoms with van der Waals surface area (Å²) >= 11 is 1.39. The number of carbonyl (C=O) groups is 5. The molecule has 0 saturated carbocycles. The maximum atomic E-state index is 12.5. The van der Waals surface area contributed by atoms with Crippen LogP contribution in [0.15, 0.2) is 0 Å². The third-order valence-corrected chi connectivity index (χ3v) is 4.79. The molecule has 0 aromatic rings. The van der Waals surface area contributed by atoms with Crippen molar-refractivity contribution in [1.82, 2.24) is 16.0 Å². The van der Waals surface area contributed by atoms with Crippen LogP contribution in [-0.4, -0.2) is 82.6 Å². The normalized spacial score (nSPS) is 14.8. The van der Waals surface area contributed by atoms with Gasteiger partial charge in [0.1, 0.15) is 18.1 Å². The van der Waals surface area contributed by atoms with E-state index in [1.165, 1.54) is 11.8 Å². The molecule has 0 spiro atoms. The molecule has 0 aliphatic rings. The van der Waals surface area contributed by atoms with Crippen molar-refractivity contribution in [3.8, 4) is 0 Å². The van der Waals surface area contributed by atoms with E-state index >= 15 is 0 Å². The number of amides is 4. The Labute approximate surface area is 185 Å². The molecule has 0 bridgehead atoms. The van der Waals surface area contributed by atoms with Crippen LogP contribution in [0.5, 0.6) is 0 Å². The number of rotatable bonds is 15. The Morgan fingerprint density at radius 3 is 1.90 bits per heavy atom. The first-order valence-electron chi connectivity index (χ1n) is 9.70. The standard InChI is InChI=1S/C18H33N5O7S/c1-9(2)6-10(19)15(26)23-13(8-24)17(28)21-11(4-5-31-3)16(27)22-12(18(29)30)7-14(20)25/h9-13,24H,4-8,19H2,1-3H3,(H2,20,25)(H,21,28)(H,22,27)(H,23,26)(H,29,30). The minimum atomic E-state index is -1.55. The van der Waals surface area contributed by atoms with E-state index < -0.39 is 66.8 Å². The van der Waals surface area contributed by atoms with Crippen LogP contribution < -0.4 is 27.4 Å². The second-order valence-corrected chi connectivity index (χ2v) is 8.38. The number of nitrogens with two attached hydrogens (primary N) is 2. The molecule has 0 aliphatic carbocycles. The molecule has 12 nitrogen and oxygen atoms in total. The van der Waals surface area contributed by atoms with E-state index in [-0.39, 0.29) is 12.3 Å². The quantitative estimate of drug-likeness (QED) is 0.137. The molecule has 4 atom stereocenters. The van der Waals surface area contributed by atoms with Gasteiger partial charge in [-0.2, -0.15) is 11.8 Å². The molecule has 0 fully saturated rings. The molecular formula is C18H33N5O7S. The monoisotopic (exact) mass is 463 g/mol. The van der Waals surface area contributed by atoms with Gasteiger partial charge in [-0.25, -0.2) is 4.79 Å². The summed E-state index contributed by atoms with van der Waals surface area (Å²) < 4.78 is 0. The molecule has 4 unspecified atom stereocenters. The third-order valence-electron chi connectivity index (χ3n) is 4.14. The number of primary amides is 1. The Morgan fingerprint density at radius 2 is 1.45 bits per heavy atom. The Bertz CT molecular complexity index is 647. The lowest BCUT2D eigenvalue weighted by atomic mass is 10.0. The zero-order chi connectivity index (χ0) is 24.1. The van der Waals surface area contributed by atoms with Crippen molar-refractivity contribution < 1.29 is 34.2 Å². The van der Waals surface area contributed by atoms with Gasteiger partial charge < -0.3 is 37.6 Å². The Morgan fingerprint density at radius 1 is 0.935 bits per heavy atom. The molecule has 0 saturated heterocycles. The number of hydrogen-bond acceptors (Lipinski definition) is 8. The van der Waals surface area contributed by atoms with E-state index in [4.69, 9.17) is 16.6 Å². The third kappa shape index (κ3) is 11.5. The van der Waals surface area contributed by atoms with E-state index in [0.29, 0.717) is 12.2 Å². The van der Waals surface area contributed by atoms with Crippen LogP contribution in [0.3, 0.4) is 0 Å². The first kappa shape index (κ1) is 28.6. The fourth-order valence-corrected chi connectivity index (χ4v) is 3.01. The predicted molar refractivity (Wildman–Crippen MR) is 115 cm³/mol. The average Bonchev–Trinajstić information content (AvgIpc) is 2.67. The zero-order valence-electron chi connectivity index (χ0n) is 17.9. The molecule has 0 aliphatic heterocycles. The number of aliphatic hydroxyl groups is 1. The van der Waals surface area contributed by atoms with Gasteiger partial charge in [0.2, 0.25) is 23.6 Å². The largest absolute Gasteiger partial charge is 0.480 e. The Balaban J connectivity index is 5.22. The predicted octanol–water partition coefficient (Wildman–Crippen LogP) is -2.48. The highest BCUT2D eigenvalue weighted by Gasteiger charge is 2.30. The molecular weight excluding hydrogens is 430 g/mol. The number of carboxylic acids is 1. The van der Waals surface area contributed by atoms with Gasteiger partial charge in [0.15, 0.2) is 0 Å². The lowest BCUT2D eigenvalue weighted by Gasteiger charge is -2.24. The van der Waals surface area contributed by atoms with Gasteiger partial charge >= 0.3 is 5.97 Å². The highest BCUT2D eigenvalue weighted by Crippen LogP contribution is 2.05. The minimum Gasteiger partial charge on any atom is -0.480 e. The summed E-state index contributed by atoms with van der Waals surface area (Å²) in [5, 5.41) is 25.5. The van der Waals surface area contributed by atoms with Gasteiger partial charge in [0.05, 0.1) is 19.1 Å². The SMILES string of the molecule is CSCCC(NC(=O)C(CO)NC(=O)C(N)CC(C)C)C(=O)NC(CC(N)=O)C(=O)O. The number of aliphatic hydroxyl groups excluding tert-OH is 1. The lowest BCUT2D eigenvalue weighted by molar-refractivity contribution is -0.143. The van der Waals surface area contributed by atoms with Crippen molar-refractivity contribution in [3.05, 3.63) is 0 Å². The van der Waals surface area contributed by atoms with Gasteiger partial charge in [-0.05, 0) is 30.8 Å². The maximum absolute atomic E-state index is 12.5. The van der Waals surface area contributed by atoms with E-state index in [9.17, 15) is 29.1 Å². The summed E-state index contributed by atoms with van der Waals surface area (Å²) in [6.45, 7) is 3.02. The smallest absolute Gasteiger partial charge is 0.326 e. The summed E-state index contributed by atoms with van der Waals surface area (Å²) in [6.07, 6.45) is 1.67. The minimum absolute atomic E-state index is 0.139. The average molecular weight is 464 g/mol. The van der Waals surface area contributed by atoms with Crippen molar-refractivity contribution in [2.45, 2.75) is 57.3 Å². The molecule has 31 heavy (non-hydrogen) atoms. The second kappa shape index (κ2) is 14.6. The van der Waals surface area contributed by atoms with E-state index in [0.717, 1.165) is 0 Å². The van der Waals surface area contributed by atoms with Crippen molar-refractivity contribution >= 4 is 41.4 Å². The van der Waals surface area contributed by atoms with Gasteiger partial charge in [-0.15, -0.1) is 0 Å². The lowest BCUT2D eigenvalue weighted by Crippen LogP contribution is -2.58. The number of thioether (sulfide) groups is 1. The first-order chi connectivity index (χ1) is 14.4. The second-order valence-electron chi connectivity index (χ2n) is 7.39. The molecule has 178 valence electrons. The fraction of sp³-hybridized carbons (Fsp3) is 0.722. The molecule has 0 heterocycles. The van der Waals surface area contributed by atoms with E-state index in [1.54, 1.807) is 6.26 Å². The molecule has 9 N–H and O–H groups in total. The Hall–Kier alpha value is -2.38. The summed E-state index contributed by atoms with van der Waals surface area (Å²) in [4.78, 5) is 59.5. The van der Waals surface area contributed by atoms with Gasteiger partial charge in [0.25, 0.3) is 0 Å². The number of carbonyl (C=O) groups excluding carboxylic acids is 4. The maximum Gasteiger partial charge on any atom is 0.326 e. The summed E-state index contributed by atoms with van der Waals surface area (Å²) in [5.41, 5.74) is 10.8. The van der Waals surface area contributed by atoms with Crippen molar-refractivity contribution in [2.75, 3.05) is 18.6 Å². The van der Waals surface area contributed by atoms with Gasteiger partial charge in [-0.1, -0.05) is 13.8 Å². The van der Waals surface area contributed by atoms with Crippen LogP contribution in [0.25, 0.3) is 0 Å². The van der Waals surface area contributed by atoms with Crippen LogP contribution in [0.2, 0.25) is 0 Å². The van der Waals surface area contributed by atoms with Crippen LogP contribution >= 0.6 is 11.8 Å². The zero-order valence-corrected chi connectivity index (χ0v) is 18.7. The van der Waals surface area contributed by atoms with Crippen molar-refractivity contribution in [2.24, 2.45) is 17.4 Å². The summed E-state index contributed by atoms with van der Waals surface area (Å²) in [5.74, 6) is -4.09. The van der Waals surface area contributed by atoms with Gasteiger partial charge in [0, 0.05) is 0 Å². The topological polar surface area (TPSA) is 214 Å². The molecule has 4 amide bonds. The van der Waals surface area contributed by atoms with Crippen LogP contribution in [-0.2, 0) is 24.0 Å². The number of nitrogens with one attached hydrogen (secondary N) is 3. The number of aliphatic carboxylic acids is 1. The highest BCUT2D eigenvalue weighted by molar-refractivity contribution is 7.98. The van der Waals surface area contributed by atoms with E-state index in [1.807, 2.05) is 13.8 Å². The molecule has 0 radical (unpaired) electrons. The van der Waals surface area contributed by atoms with E-state index in [2.05, 4.69) is 16.0 Å². The highest BCUT2D eigenvalue weighted by atomic mass is 32.2. The first-order valence-corrected chi connectivity index (χ1v) is 11.1. The van der Waals surface area contributed by atoms with Crippen molar-refractivity contribution in [3.63, 3.8) is 0 Å². The van der Waals surface area contributed by atoms with Crippen LogP contribution in [0.4, 0.5) is 0 Å². The Kier molecular flexibility index (Phi) is 13.5. The molecule has 0 aromatic carbocycles. The molecule has 0 aromatic heterocycles. The van der Waals surface area contributed by atoms with Gasteiger partial charge in [-0.3, -0.25) is 19.2 Å². The van der Waals surface area contributed by atoms with Crippen molar-refractivity contribution in [1.29, 1.82) is 0 Å². The number of carboxylic acid groups (broad SMARTS) is 1. The molecule has 0 rings (SSSR count). The fourth-order valence-electron chi connectivity index (χ4n) is 2.54.